The Labute approximate surface area is 64.7 Å². The van der Waals surface area contributed by atoms with Gasteiger partial charge < -0.3 is 5.73 Å². The van der Waals surface area contributed by atoms with Crippen molar-refractivity contribution in [2.45, 2.75) is 5.25 Å². The van der Waals surface area contributed by atoms with Crippen LogP contribution in [0, 0.1) is 5.92 Å². The molecule has 2 rings (SSSR count). The van der Waals surface area contributed by atoms with E-state index in [0.29, 0.717) is 11.2 Å². The van der Waals surface area contributed by atoms with Gasteiger partial charge in [-0.1, -0.05) is 12.2 Å². The van der Waals surface area contributed by atoms with Crippen molar-refractivity contribution in [1.82, 2.24) is 0 Å². The Morgan fingerprint density at radius 1 is 1.40 bits per heavy atom. The lowest BCUT2D eigenvalue weighted by atomic mass is 10.00. The first-order valence-corrected chi connectivity index (χ1v) is 4.28. The van der Waals surface area contributed by atoms with Crippen LogP contribution < -0.4 is 5.73 Å². The van der Waals surface area contributed by atoms with Crippen molar-refractivity contribution in [3.63, 3.8) is 0 Å². The highest BCUT2D eigenvalue weighted by Gasteiger charge is 2.21. The van der Waals surface area contributed by atoms with E-state index in [-0.39, 0.29) is 0 Å². The first kappa shape index (κ1) is 6.10. The summed E-state index contributed by atoms with van der Waals surface area (Å²) in [5.74, 6) is 0.595. The van der Waals surface area contributed by atoms with Gasteiger partial charge >= 0.3 is 0 Å². The second-order valence-electron chi connectivity index (χ2n) is 2.53. The van der Waals surface area contributed by atoms with Gasteiger partial charge in [-0.25, -0.2) is 0 Å². The Balaban J connectivity index is 2.25. The maximum Gasteiger partial charge on any atom is 0.0388 e. The normalized spacial score (nSPS) is 35.8. The van der Waals surface area contributed by atoms with Crippen LogP contribution in [0.4, 0.5) is 0 Å². The molecule has 52 valence electrons. The van der Waals surface area contributed by atoms with E-state index in [1.165, 1.54) is 0 Å². The van der Waals surface area contributed by atoms with Crippen molar-refractivity contribution in [1.29, 1.82) is 0 Å². The maximum absolute atomic E-state index is 5.62. The molecule has 0 amide bonds. The first-order valence-electron chi connectivity index (χ1n) is 3.34. The minimum absolute atomic E-state index is 0.574. The molecule has 2 atom stereocenters. The van der Waals surface area contributed by atoms with Crippen LogP contribution in [0.1, 0.15) is 0 Å². The van der Waals surface area contributed by atoms with Gasteiger partial charge in [0.25, 0.3) is 0 Å². The molecule has 0 spiro atoms. The highest BCUT2D eigenvalue weighted by molar-refractivity contribution is 8.03. The molecule has 2 N–H and O–H groups in total. The van der Waals surface area contributed by atoms with E-state index in [2.05, 4.69) is 23.6 Å². The molecule has 1 heterocycles. The van der Waals surface area contributed by atoms with Crippen molar-refractivity contribution in [2.75, 3.05) is 0 Å². The quantitative estimate of drug-likeness (QED) is 0.569. The Morgan fingerprint density at radius 2 is 2.30 bits per heavy atom. The number of hydrogen-bond acceptors (Lipinski definition) is 2. The summed E-state index contributed by atoms with van der Waals surface area (Å²) in [6.45, 7) is 0. The smallest absolute Gasteiger partial charge is 0.0388 e. The number of nitrogens with two attached hydrogens (primary N) is 1. The molecular formula is C8H9NS. The monoisotopic (exact) mass is 151 g/mol. The number of hydrogen-bond donors (Lipinski definition) is 1. The van der Waals surface area contributed by atoms with Crippen molar-refractivity contribution in [2.24, 2.45) is 11.7 Å². The van der Waals surface area contributed by atoms with Crippen molar-refractivity contribution < 1.29 is 0 Å². The van der Waals surface area contributed by atoms with E-state index in [1.54, 1.807) is 0 Å². The van der Waals surface area contributed by atoms with Gasteiger partial charge in [0, 0.05) is 16.9 Å². The van der Waals surface area contributed by atoms with Crippen LogP contribution in [0.15, 0.2) is 35.4 Å². The first-order chi connectivity index (χ1) is 4.86. The third kappa shape index (κ3) is 0.886. The summed E-state index contributed by atoms with van der Waals surface area (Å²) >= 11 is 1.84. The summed E-state index contributed by atoms with van der Waals surface area (Å²) in [5, 5.41) is 2.72. The summed E-state index contributed by atoms with van der Waals surface area (Å²) in [6, 6.07) is 0. The molecule has 0 saturated carbocycles. The van der Waals surface area contributed by atoms with E-state index in [9.17, 15) is 0 Å². The zero-order valence-electron chi connectivity index (χ0n) is 5.53. The number of fused-ring (bicyclic) bond motifs is 1. The second-order valence-corrected chi connectivity index (χ2v) is 3.62. The van der Waals surface area contributed by atoms with Crippen LogP contribution in [0.5, 0.6) is 0 Å². The van der Waals surface area contributed by atoms with E-state index in [1.807, 2.05) is 17.8 Å². The van der Waals surface area contributed by atoms with Gasteiger partial charge in [-0.05, 0) is 17.6 Å². The molecule has 0 aromatic carbocycles. The molecule has 0 radical (unpaired) electrons. The molecule has 1 nitrogen and oxygen atoms in total. The van der Waals surface area contributed by atoms with Gasteiger partial charge in [0.15, 0.2) is 0 Å². The van der Waals surface area contributed by atoms with Crippen LogP contribution in [-0.4, -0.2) is 5.25 Å². The Morgan fingerprint density at radius 3 is 3.20 bits per heavy atom. The summed E-state index contributed by atoms with van der Waals surface area (Å²) < 4.78 is 0. The highest BCUT2D eigenvalue weighted by atomic mass is 32.2. The Hall–Kier alpha value is -0.630. The van der Waals surface area contributed by atoms with Gasteiger partial charge in [-0.2, -0.15) is 0 Å². The van der Waals surface area contributed by atoms with E-state index in [0.717, 1.165) is 5.70 Å². The lowest BCUT2D eigenvalue weighted by molar-refractivity contribution is 0.845. The zero-order chi connectivity index (χ0) is 6.97. The summed E-state index contributed by atoms with van der Waals surface area (Å²) in [5.41, 5.74) is 6.52. The summed E-state index contributed by atoms with van der Waals surface area (Å²) in [4.78, 5) is 0. The minimum atomic E-state index is 0.574. The summed E-state index contributed by atoms with van der Waals surface area (Å²) in [6.07, 6.45) is 8.48. The Kier molecular flexibility index (Phi) is 1.34. The van der Waals surface area contributed by atoms with E-state index in [4.69, 9.17) is 5.73 Å². The fraction of sp³-hybridized carbons (Fsp3) is 0.250. The van der Waals surface area contributed by atoms with Crippen LogP contribution in [-0.2, 0) is 0 Å². The maximum atomic E-state index is 5.62. The largest absolute Gasteiger partial charge is 0.399 e. The van der Waals surface area contributed by atoms with Crippen LogP contribution >= 0.6 is 11.8 Å². The lowest BCUT2D eigenvalue weighted by Crippen LogP contribution is -2.13. The van der Waals surface area contributed by atoms with Crippen molar-refractivity contribution in [3.8, 4) is 0 Å². The molecule has 1 aliphatic heterocycles. The van der Waals surface area contributed by atoms with Gasteiger partial charge in [0.2, 0.25) is 0 Å². The Bertz CT molecular complexity index is 227. The molecule has 0 bridgehead atoms. The number of thioether (sulfide) groups is 1. The lowest BCUT2D eigenvalue weighted by Gasteiger charge is -2.15. The minimum Gasteiger partial charge on any atom is -0.399 e. The predicted octanol–water partition coefficient (Wildman–Crippen LogP) is 1.64. The summed E-state index contributed by atoms with van der Waals surface area (Å²) in [7, 11) is 0. The van der Waals surface area contributed by atoms with E-state index >= 15 is 0 Å². The van der Waals surface area contributed by atoms with E-state index < -0.39 is 0 Å². The molecule has 2 heteroatoms. The van der Waals surface area contributed by atoms with Gasteiger partial charge in [-0.15, -0.1) is 11.8 Å². The highest BCUT2D eigenvalue weighted by Crippen LogP contribution is 2.34. The van der Waals surface area contributed by atoms with Crippen LogP contribution in [0.2, 0.25) is 0 Å². The molecular weight excluding hydrogens is 142 g/mol. The topological polar surface area (TPSA) is 26.0 Å². The van der Waals surface area contributed by atoms with Crippen LogP contribution in [0.3, 0.4) is 0 Å². The zero-order valence-corrected chi connectivity index (χ0v) is 6.34. The SMILES string of the molecule is NC1=CC2SC=CC2C=C1. The fourth-order valence-corrected chi connectivity index (χ4v) is 2.27. The number of allylic oxidation sites excluding steroid dienone is 3. The molecule has 10 heavy (non-hydrogen) atoms. The van der Waals surface area contributed by atoms with Gasteiger partial charge in [0.1, 0.15) is 0 Å². The van der Waals surface area contributed by atoms with Gasteiger partial charge in [-0.3, -0.25) is 0 Å². The molecule has 0 aromatic rings. The third-order valence-electron chi connectivity index (χ3n) is 1.78. The second kappa shape index (κ2) is 2.20. The van der Waals surface area contributed by atoms with Gasteiger partial charge in [0.05, 0.1) is 0 Å². The molecule has 0 saturated heterocycles. The molecule has 2 unspecified atom stereocenters. The average Bonchev–Trinajstić information content (AvgIpc) is 2.33. The van der Waals surface area contributed by atoms with Crippen molar-refractivity contribution in [3.05, 3.63) is 35.4 Å². The third-order valence-corrected chi connectivity index (χ3v) is 2.86. The predicted molar refractivity (Wildman–Crippen MR) is 45.4 cm³/mol. The standard InChI is InChI=1S/C8H9NS/c9-7-2-1-6-3-4-10-8(6)5-7/h1-6,8H,9H2. The average molecular weight is 151 g/mol. The molecule has 1 aliphatic carbocycles. The van der Waals surface area contributed by atoms with Crippen molar-refractivity contribution >= 4 is 11.8 Å². The molecule has 0 fully saturated rings. The fourth-order valence-electron chi connectivity index (χ4n) is 1.22. The molecule has 2 aliphatic rings. The molecule has 0 aromatic heterocycles. The number of rotatable bonds is 0. The van der Waals surface area contributed by atoms with Crippen LogP contribution in [0.25, 0.3) is 0 Å².